The van der Waals surface area contributed by atoms with Crippen LogP contribution in [0.3, 0.4) is 0 Å². The number of nitrogens with one attached hydrogen (secondary N) is 1. The van der Waals surface area contributed by atoms with Crippen LogP contribution in [-0.4, -0.2) is 52.2 Å². The molecule has 25 heavy (non-hydrogen) atoms. The highest BCUT2D eigenvalue weighted by molar-refractivity contribution is 6.55. The van der Waals surface area contributed by atoms with E-state index in [1.165, 1.54) is 0 Å². The zero-order valence-electron chi connectivity index (χ0n) is 16.2. The van der Waals surface area contributed by atoms with Crippen molar-refractivity contribution >= 4 is 13.2 Å². The van der Waals surface area contributed by atoms with Crippen molar-refractivity contribution in [3.8, 4) is 5.75 Å². The van der Waals surface area contributed by atoms with Crippen molar-refractivity contribution in [2.24, 2.45) is 0 Å². The van der Waals surface area contributed by atoms with E-state index >= 15 is 0 Å². The molecule has 0 atom stereocenters. The highest BCUT2D eigenvalue weighted by Crippen LogP contribution is 2.38. The van der Waals surface area contributed by atoms with Gasteiger partial charge in [0.1, 0.15) is 12.4 Å². The normalized spacial score (nSPS) is 19.3. The molecular weight excluding hydrogens is 317 g/mol. The Morgan fingerprint density at radius 3 is 2.20 bits per heavy atom. The van der Waals surface area contributed by atoms with E-state index in [2.05, 4.69) is 39.1 Å². The first-order valence-corrected chi connectivity index (χ1v) is 8.71. The smallest absolute Gasteiger partial charge is 0.491 e. The van der Waals surface area contributed by atoms with Gasteiger partial charge in [-0.3, -0.25) is 0 Å². The van der Waals surface area contributed by atoms with Crippen molar-refractivity contribution in [2.75, 3.05) is 33.9 Å². The molecule has 1 aromatic rings. The number of benzene rings is 1. The Labute approximate surface area is 151 Å². The van der Waals surface area contributed by atoms with E-state index in [1.807, 2.05) is 31.3 Å². The molecule has 1 saturated heterocycles. The predicted molar refractivity (Wildman–Crippen MR) is 102 cm³/mol. The van der Waals surface area contributed by atoms with E-state index in [9.17, 15) is 0 Å². The summed E-state index contributed by atoms with van der Waals surface area (Å²) in [5, 5.41) is 3.20. The monoisotopic (exact) mass is 347 g/mol. The number of hydrogen-bond donors (Lipinski definition) is 1. The second-order valence-electron chi connectivity index (χ2n) is 7.25. The fourth-order valence-electron chi connectivity index (χ4n) is 2.52. The molecule has 0 aromatic heterocycles. The van der Waals surface area contributed by atoms with Crippen LogP contribution in [0.15, 0.2) is 29.7 Å². The first-order chi connectivity index (χ1) is 11.8. The number of hydrogen-bond acceptors (Lipinski definition) is 5. The van der Waals surface area contributed by atoms with Gasteiger partial charge in [-0.2, -0.15) is 0 Å². The molecule has 0 unspecified atom stereocenters. The molecule has 138 valence electrons. The molecule has 0 spiro atoms. The molecule has 5 nitrogen and oxygen atoms in total. The first kappa shape index (κ1) is 20.0. The number of rotatable bonds is 8. The van der Waals surface area contributed by atoms with Gasteiger partial charge in [-0.25, -0.2) is 0 Å². The molecule has 2 rings (SSSR count). The van der Waals surface area contributed by atoms with E-state index in [0.29, 0.717) is 19.8 Å². The summed E-state index contributed by atoms with van der Waals surface area (Å²) in [5.74, 6) is 0.833. The molecule has 0 saturated carbocycles. The van der Waals surface area contributed by atoms with Crippen molar-refractivity contribution in [3.05, 3.63) is 35.3 Å². The Morgan fingerprint density at radius 1 is 1.08 bits per heavy atom. The Balaban J connectivity index is 2.12. The average molecular weight is 347 g/mol. The molecule has 6 heteroatoms. The summed E-state index contributed by atoms with van der Waals surface area (Å²) in [7, 11) is 3.23. The van der Waals surface area contributed by atoms with E-state index < -0.39 is 0 Å². The Hall–Kier alpha value is -1.34. The SMILES string of the molecule is CNCC(=Cc1ccc(OCCOC)cc1)B1OC(C)(C)C(C)(C)O1. The lowest BCUT2D eigenvalue weighted by Gasteiger charge is -2.32. The third-order valence-corrected chi connectivity index (χ3v) is 4.73. The van der Waals surface area contributed by atoms with Gasteiger partial charge in [-0.05, 0) is 57.9 Å². The van der Waals surface area contributed by atoms with Gasteiger partial charge in [0.25, 0.3) is 0 Å². The molecule has 1 fully saturated rings. The van der Waals surface area contributed by atoms with Crippen LogP contribution < -0.4 is 10.1 Å². The molecular formula is C19H30BNO4. The predicted octanol–water partition coefficient (Wildman–Crippen LogP) is 2.95. The summed E-state index contributed by atoms with van der Waals surface area (Å²) < 4.78 is 22.9. The van der Waals surface area contributed by atoms with E-state index in [-0.39, 0.29) is 18.3 Å². The minimum atomic E-state index is -0.352. The van der Waals surface area contributed by atoms with Gasteiger partial charge >= 0.3 is 7.12 Å². The van der Waals surface area contributed by atoms with Gasteiger partial charge in [-0.1, -0.05) is 18.2 Å². The van der Waals surface area contributed by atoms with Crippen molar-refractivity contribution in [1.29, 1.82) is 0 Å². The lowest BCUT2D eigenvalue weighted by atomic mass is 9.77. The van der Waals surface area contributed by atoms with Gasteiger partial charge in [0.15, 0.2) is 0 Å². The lowest BCUT2D eigenvalue weighted by molar-refractivity contribution is 0.00578. The minimum Gasteiger partial charge on any atom is -0.491 e. The van der Waals surface area contributed by atoms with Gasteiger partial charge in [0, 0.05) is 13.7 Å². The highest BCUT2D eigenvalue weighted by atomic mass is 16.7. The molecule has 1 aliphatic heterocycles. The van der Waals surface area contributed by atoms with Crippen LogP contribution in [0, 0.1) is 0 Å². The van der Waals surface area contributed by atoms with Crippen LogP contribution in [0.5, 0.6) is 5.75 Å². The largest absolute Gasteiger partial charge is 0.491 e. The minimum absolute atomic E-state index is 0.344. The second-order valence-corrected chi connectivity index (χ2v) is 7.25. The zero-order chi connectivity index (χ0) is 18.5. The van der Waals surface area contributed by atoms with Crippen molar-refractivity contribution in [1.82, 2.24) is 5.32 Å². The Kier molecular flexibility index (Phi) is 6.68. The maximum atomic E-state index is 6.17. The summed E-state index contributed by atoms with van der Waals surface area (Å²) >= 11 is 0. The van der Waals surface area contributed by atoms with E-state index in [0.717, 1.165) is 16.8 Å². The fraction of sp³-hybridized carbons (Fsp3) is 0.579. The topological polar surface area (TPSA) is 49.0 Å². The molecule has 0 radical (unpaired) electrons. The van der Waals surface area contributed by atoms with Crippen LogP contribution in [0.1, 0.15) is 33.3 Å². The Bertz CT molecular complexity index is 568. The summed E-state index contributed by atoms with van der Waals surface area (Å²) in [6, 6.07) is 7.98. The lowest BCUT2D eigenvalue weighted by Crippen LogP contribution is -2.41. The van der Waals surface area contributed by atoms with E-state index in [4.69, 9.17) is 18.8 Å². The quantitative estimate of drug-likeness (QED) is 0.579. The third kappa shape index (κ3) is 5.08. The number of likely N-dealkylation sites (N-methyl/N-ethyl adjacent to an activating group) is 1. The molecule has 1 aliphatic rings. The molecule has 1 aromatic carbocycles. The van der Waals surface area contributed by atoms with Crippen molar-refractivity contribution in [2.45, 2.75) is 38.9 Å². The average Bonchev–Trinajstić information content (AvgIpc) is 2.77. The van der Waals surface area contributed by atoms with Crippen molar-refractivity contribution in [3.63, 3.8) is 0 Å². The van der Waals surface area contributed by atoms with Crippen LogP contribution >= 0.6 is 0 Å². The van der Waals surface area contributed by atoms with E-state index in [1.54, 1.807) is 7.11 Å². The second kappa shape index (κ2) is 8.36. The molecule has 0 amide bonds. The fourth-order valence-corrected chi connectivity index (χ4v) is 2.52. The third-order valence-electron chi connectivity index (χ3n) is 4.73. The summed E-state index contributed by atoms with van der Waals surface area (Å²) in [6.07, 6.45) is 2.11. The highest BCUT2D eigenvalue weighted by Gasteiger charge is 2.52. The molecule has 0 bridgehead atoms. The van der Waals surface area contributed by atoms with Gasteiger partial charge < -0.3 is 24.1 Å². The van der Waals surface area contributed by atoms with Gasteiger partial charge in [0.2, 0.25) is 0 Å². The van der Waals surface area contributed by atoms with Crippen LogP contribution in [0.4, 0.5) is 0 Å². The summed E-state index contributed by atoms with van der Waals surface area (Å²) in [6.45, 7) is 10.1. The van der Waals surface area contributed by atoms with Gasteiger partial charge in [-0.15, -0.1) is 0 Å². The Morgan fingerprint density at radius 2 is 1.68 bits per heavy atom. The van der Waals surface area contributed by atoms with Gasteiger partial charge in [0.05, 0.1) is 17.8 Å². The maximum Gasteiger partial charge on any atom is 0.491 e. The van der Waals surface area contributed by atoms with Crippen molar-refractivity contribution < 1.29 is 18.8 Å². The van der Waals surface area contributed by atoms with Crippen LogP contribution in [0.2, 0.25) is 0 Å². The maximum absolute atomic E-state index is 6.17. The molecule has 1 heterocycles. The zero-order valence-corrected chi connectivity index (χ0v) is 16.2. The number of ether oxygens (including phenoxy) is 2. The number of methoxy groups -OCH3 is 1. The summed E-state index contributed by atoms with van der Waals surface area (Å²) in [5.41, 5.74) is 1.46. The molecule has 1 N–H and O–H groups in total. The first-order valence-electron chi connectivity index (χ1n) is 8.71. The van der Waals surface area contributed by atoms with Crippen LogP contribution in [0.25, 0.3) is 6.08 Å². The summed E-state index contributed by atoms with van der Waals surface area (Å²) in [4.78, 5) is 0. The standard InChI is InChI=1S/C19H30BNO4/c1-18(2)19(3,4)25-20(24-18)16(14-21-5)13-15-7-9-17(10-8-15)23-12-11-22-6/h7-10,13,21H,11-12,14H2,1-6H3. The molecule has 0 aliphatic carbocycles. The van der Waals surface area contributed by atoms with Crippen LogP contribution in [-0.2, 0) is 14.0 Å².